The standard InChI is InChI=1S/C20H16N6O6/c1-31-20(30)17-16(21-9-32-17)13-8-26(24-23-13)11-3-2-10-7-25(19(29)12(10)6-11)14-4-5-15(27)22-18(14)28/h2-3,6,8-9,14H,4-5,7H2,1H3,(H,22,27,28). The monoisotopic (exact) mass is 436 g/mol. The summed E-state index contributed by atoms with van der Waals surface area (Å²) in [6.45, 7) is 0.282. The summed E-state index contributed by atoms with van der Waals surface area (Å²) in [6, 6.07) is 4.53. The zero-order valence-electron chi connectivity index (χ0n) is 16.8. The highest BCUT2D eigenvalue weighted by molar-refractivity contribution is 6.05. The van der Waals surface area contributed by atoms with E-state index >= 15 is 0 Å². The van der Waals surface area contributed by atoms with Gasteiger partial charge in [-0.3, -0.25) is 19.7 Å². The van der Waals surface area contributed by atoms with Crippen molar-refractivity contribution in [1.29, 1.82) is 0 Å². The second kappa shape index (κ2) is 7.41. The number of nitrogens with one attached hydrogen (secondary N) is 1. The molecule has 0 aliphatic carbocycles. The number of ether oxygens (including phenoxy) is 1. The van der Waals surface area contributed by atoms with E-state index in [1.165, 1.54) is 16.7 Å². The van der Waals surface area contributed by atoms with Crippen LogP contribution in [0.4, 0.5) is 0 Å². The van der Waals surface area contributed by atoms with Gasteiger partial charge in [0.1, 0.15) is 17.4 Å². The Labute approximate surface area is 180 Å². The number of hydrogen-bond acceptors (Lipinski definition) is 9. The van der Waals surface area contributed by atoms with Gasteiger partial charge in [0, 0.05) is 18.5 Å². The molecular formula is C20H16N6O6. The van der Waals surface area contributed by atoms with Gasteiger partial charge in [0.2, 0.25) is 17.6 Å². The maximum atomic E-state index is 13.0. The number of esters is 1. The second-order valence-electron chi connectivity index (χ2n) is 7.31. The van der Waals surface area contributed by atoms with Gasteiger partial charge in [-0.2, -0.15) is 0 Å². The number of rotatable bonds is 4. The molecule has 1 saturated heterocycles. The molecule has 0 bridgehead atoms. The van der Waals surface area contributed by atoms with Gasteiger partial charge in [0.05, 0.1) is 19.0 Å². The van der Waals surface area contributed by atoms with E-state index in [0.29, 0.717) is 17.7 Å². The molecule has 1 aromatic carbocycles. The number of piperidine rings is 1. The zero-order valence-corrected chi connectivity index (χ0v) is 16.8. The first-order valence-electron chi connectivity index (χ1n) is 9.68. The van der Waals surface area contributed by atoms with Gasteiger partial charge in [-0.1, -0.05) is 11.3 Å². The Balaban J connectivity index is 1.41. The van der Waals surface area contributed by atoms with E-state index in [2.05, 4.69) is 25.3 Å². The number of fused-ring (bicyclic) bond motifs is 1. The first-order valence-corrected chi connectivity index (χ1v) is 9.68. The molecule has 1 atom stereocenters. The van der Waals surface area contributed by atoms with Gasteiger partial charge in [-0.25, -0.2) is 14.5 Å². The predicted molar refractivity (Wildman–Crippen MR) is 104 cm³/mol. The highest BCUT2D eigenvalue weighted by Crippen LogP contribution is 2.29. The van der Waals surface area contributed by atoms with E-state index in [-0.39, 0.29) is 41.9 Å². The van der Waals surface area contributed by atoms with Crippen LogP contribution < -0.4 is 5.32 Å². The molecule has 1 unspecified atom stereocenters. The number of imide groups is 1. The Morgan fingerprint density at radius 2 is 2.12 bits per heavy atom. The molecule has 12 nitrogen and oxygen atoms in total. The van der Waals surface area contributed by atoms with Gasteiger partial charge < -0.3 is 14.1 Å². The van der Waals surface area contributed by atoms with Crippen molar-refractivity contribution in [1.82, 2.24) is 30.2 Å². The van der Waals surface area contributed by atoms with Crippen LogP contribution in [0.1, 0.15) is 39.3 Å². The third-order valence-electron chi connectivity index (χ3n) is 5.45. The number of nitrogens with zero attached hydrogens (tertiary/aromatic N) is 5. The number of hydrogen-bond donors (Lipinski definition) is 1. The minimum Gasteiger partial charge on any atom is -0.463 e. The topological polar surface area (TPSA) is 150 Å². The summed E-state index contributed by atoms with van der Waals surface area (Å²) < 4.78 is 11.2. The van der Waals surface area contributed by atoms with Gasteiger partial charge >= 0.3 is 5.97 Å². The minimum absolute atomic E-state index is 0.0939. The van der Waals surface area contributed by atoms with Crippen LogP contribution >= 0.6 is 0 Å². The normalized spacial score (nSPS) is 18.0. The quantitative estimate of drug-likeness (QED) is 0.455. The van der Waals surface area contributed by atoms with Crippen molar-refractivity contribution < 1.29 is 28.3 Å². The lowest BCUT2D eigenvalue weighted by atomic mass is 10.0. The number of methoxy groups -OCH3 is 1. The fourth-order valence-electron chi connectivity index (χ4n) is 3.85. The van der Waals surface area contributed by atoms with E-state index in [1.807, 2.05) is 0 Å². The van der Waals surface area contributed by atoms with Crippen molar-refractivity contribution in [3.05, 3.63) is 47.7 Å². The van der Waals surface area contributed by atoms with Crippen LogP contribution in [0.5, 0.6) is 0 Å². The van der Waals surface area contributed by atoms with Crippen LogP contribution in [0.3, 0.4) is 0 Å². The summed E-state index contributed by atoms with van der Waals surface area (Å²) in [7, 11) is 1.23. The molecule has 0 saturated carbocycles. The average Bonchev–Trinajstić information content (AvgIpc) is 3.52. The zero-order chi connectivity index (χ0) is 22.4. The maximum Gasteiger partial charge on any atom is 0.376 e. The van der Waals surface area contributed by atoms with Crippen LogP contribution in [0.2, 0.25) is 0 Å². The van der Waals surface area contributed by atoms with Crippen LogP contribution in [0.15, 0.2) is 35.2 Å². The smallest absolute Gasteiger partial charge is 0.376 e. The van der Waals surface area contributed by atoms with E-state index in [1.54, 1.807) is 24.4 Å². The van der Waals surface area contributed by atoms with Gasteiger partial charge in [-0.05, 0) is 24.1 Å². The molecule has 1 fully saturated rings. The fraction of sp³-hybridized carbons (Fsp3) is 0.250. The van der Waals surface area contributed by atoms with Gasteiger partial charge in [0.25, 0.3) is 5.91 Å². The second-order valence-corrected chi connectivity index (χ2v) is 7.31. The minimum atomic E-state index is -0.691. The molecule has 0 radical (unpaired) electrons. The van der Waals surface area contributed by atoms with Crippen LogP contribution in [0.25, 0.3) is 17.1 Å². The summed E-state index contributed by atoms with van der Waals surface area (Å²) in [4.78, 5) is 53.9. The molecule has 2 aromatic heterocycles. The van der Waals surface area contributed by atoms with Crippen LogP contribution in [0, 0.1) is 0 Å². The van der Waals surface area contributed by atoms with E-state index in [0.717, 1.165) is 12.0 Å². The Hall–Kier alpha value is -4.35. The van der Waals surface area contributed by atoms with E-state index in [9.17, 15) is 19.2 Å². The Morgan fingerprint density at radius 3 is 2.91 bits per heavy atom. The molecule has 5 rings (SSSR count). The number of amides is 3. The first kappa shape index (κ1) is 19.6. The Morgan fingerprint density at radius 1 is 1.28 bits per heavy atom. The van der Waals surface area contributed by atoms with Gasteiger partial charge in [-0.15, -0.1) is 5.10 Å². The predicted octanol–water partition coefficient (Wildman–Crippen LogP) is 0.470. The maximum absolute atomic E-state index is 13.0. The fourth-order valence-corrected chi connectivity index (χ4v) is 3.85. The van der Waals surface area contributed by atoms with Crippen LogP contribution in [-0.2, 0) is 20.9 Å². The molecule has 3 aromatic rings. The highest BCUT2D eigenvalue weighted by atomic mass is 16.5. The molecule has 0 spiro atoms. The van der Waals surface area contributed by atoms with E-state index in [4.69, 9.17) is 4.42 Å². The summed E-state index contributed by atoms with van der Waals surface area (Å²) >= 11 is 0. The van der Waals surface area contributed by atoms with Crippen molar-refractivity contribution in [3.63, 3.8) is 0 Å². The van der Waals surface area contributed by atoms with Crippen molar-refractivity contribution in [2.45, 2.75) is 25.4 Å². The summed E-state index contributed by atoms with van der Waals surface area (Å²) in [5.41, 5.74) is 2.25. The molecule has 4 heterocycles. The molecule has 2 aliphatic rings. The number of carbonyl (C=O) groups is 4. The summed E-state index contributed by atoms with van der Waals surface area (Å²) in [6.07, 6.45) is 3.14. The number of carbonyl (C=O) groups excluding carboxylic acids is 4. The van der Waals surface area contributed by atoms with Crippen molar-refractivity contribution in [2.24, 2.45) is 0 Å². The van der Waals surface area contributed by atoms with Gasteiger partial charge in [0.15, 0.2) is 6.39 Å². The number of oxazole rings is 1. The molecule has 3 amide bonds. The third kappa shape index (κ3) is 3.12. The van der Waals surface area contributed by atoms with Crippen molar-refractivity contribution in [3.8, 4) is 17.1 Å². The van der Waals surface area contributed by atoms with Crippen LogP contribution in [-0.4, -0.2) is 61.7 Å². The number of benzene rings is 1. The first-order chi connectivity index (χ1) is 15.5. The summed E-state index contributed by atoms with van der Waals surface area (Å²) in [5.74, 6) is -1.87. The third-order valence-corrected chi connectivity index (χ3v) is 5.45. The average molecular weight is 436 g/mol. The molecular weight excluding hydrogens is 420 g/mol. The van der Waals surface area contributed by atoms with E-state index < -0.39 is 17.9 Å². The lowest BCUT2D eigenvalue weighted by Crippen LogP contribution is -2.52. The Bertz CT molecular complexity index is 1280. The SMILES string of the molecule is COC(=O)c1ocnc1-c1cn(-c2ccc3c(c2)C(=O)N(C2CCC(=O)NC2=O)C3)nn1. The highest BCUT2D eigenvalue weighted by Gasteiger charge is 2.39. The molecule has 162 valence electrons. The largest absolute Gasteiger partial charge is 0.463 e. The lowest BCUT2D eigenvalue weighted by Gasteiger charge is -2.29. The van der Waals surface area contributed by atoms with Crippen molar-refractivity contribution >= 4 is 23.7 Å². The van der Waals surface area contributed by atoms with Crippen molar-refractivity contribution in [2.75, 3.05) is 7.11 Å². The number of aromatic nitrogens is 4. The Kier molecular flexibility index (Phi) is 4.54. The summed E-state index contributed by atoms with van der Waals surface area (Å²) in [5, 5.41) is 10.4. The molecule has 12 heteroatoms. The lowest BCUT2D eigenvalue weighted by molar-refractivity contribution is -0.136. The molecule has 2 aliphatic heterocycles. The molecule has 1 N–H and O–H groups in total. The molecule has 32 heavy (non-hydrogen) atoms.